The van der Waals surface area contributed by atoms with E-state index in [4.69, 9.17) is 5.73 Å². The maximum Gasteiger partial charge on any atom is 0.244 e. The highest BCUT2D eigenvalue weighted by atomic mass is 16.2. The lowest BCUT2D eigenvalue weighted by Gasteiger charge is -2.24. The summed E-state index contributed by atoms with van der Waals surface area (Å²) in [6.45, 7) is 3.75. The number of carbonyl (C=O) groups is 1. The van der Waals surface area contributed by atoms with Crippen molar-refractivity contribution in [3.05, 3.63) is 35.4 Å². The van der Waals surface area contributed by atoms with Gasteiger partial charge in [0, 0.05) is 13.1 Å². The first kappa shape index (κ1) is 13.1. The fourth-order valence-electron chi connectivity index (χ4n) is 2.40. The smallest absolute Gasteiger partial charge is 0.244 e. The molecule has 2 rings (SSSR count). The third-order valence-electron chi connectivity index (χ3n) is 3.62. The van der Waals surface area contributed by atoms with Crippen LogP contribution in [0.25, 0.3) is 0 Å². The molecule has 1 aromatic rings. The molecule has 3 nitrogen and oxygen atoms in total. The van der Waals surface area contributed by atoms with E-state index in [1.165, 1.54) is 18.4 Å². The molecule has 0 aliphatic carbocycles. The minimum absolute atomic E-state index is 0.0701. The summed E-state index contributed by atoms with van der Waals surface area (Å²) in [5.74, 6) is 0.0701. The second-order valence-electron chi connectivity index (χ2n) is 5.13. The Hall–Kier alpha value is -1.35. The average molecular weight is 246 g/mol. The van der Waals surface area contributed by atoms with Crippen molar-refractivity contribution >= 4 is 5.91 Å². The molecule has 1 amide bonds. The van der Waals surface area contributed by atoms with Crippen molar-refractivity contribution in [2.24, 2.45) is 5.73 Å². The van der Waals surface area contributed by atoms with E-state index in [0.29, 0.717) is 0 Å². The fourth-order valence-corrected chi connectivity index (χ4v) is 2.40. The SMILES string of the molecule is Cc1ccc(C(N)C(=O)N2CCCCCC2)cc1. The average Bonchev–Trinajstić information content (AvgIpc) is 2.67. The van der Waals surface area contributed by atoms with Gasteiger partial charge in [0.25, 0.3) is 0 Å². The van der Waals surface area contributed by atoms with Crippen LogP contribution in [0.15, 0.2) is 24.3 Å². The van der Waals surface area contributed by atoms with E-state index in [2.05, 4.69) is 0 Å². The molecule has 98 valence electrons. The summed E-state index contributed by atoms with van der Waals surface area (Å²) in [4.78, 5) is 14.3. The van der Waals surface area contributed by atoms with Crippen LogP contribution in [0.5, 0.6) is 0 Å². The molecule has 18 heavy (non-hydrogen) atoms. The Labute approximate surface area is 109 Å². The second kappa shape index (κ2) is 6.01. The topological polar surface area (TPSA) is 46.3 Å². The number of aryl methyl sites for hydroxylation is 1. The number of benzene rings is 1. The molecule has 0 spiro atoms. The van der Waals surface area contributed by atoms with Gasteiger partial charge in [0.15, 0.2) is 0 Å². The number of nitrogens with zero attached hydrogens (tertiary/aromatic N) is 1. The molecule has 0 saturated carbocycles. The summed E-state index contributed by atoms with van der Waals surface area (Å²) in [6.07, 6.45) is 4.66. The van der Waals surface area contributed by atoms with Crippen LogP contribution < -0.4 is 5.73 Å². The van der Waals surface area contributed by atoms with Gasteiger partial charge in [-0.05, 0) is 25.3 Å². The molecule has 0 aromatic heterocycles. The van der Waals surface area contributed by atoms with E-state index in [9.17, 15) is 4.79 Å². The van der Waals surface area contributed by atoms with Crippen LogP contribution in [0.3, 0.4) is 0 Å². The summed E-state index contributed by atoms with van der Waals surface area (Å²) < 4.78 is 0. The molecule has 2 N–H and O–H groups in total. The highest BCUT2D eigenvalue weighted by Gasteiger charge is 2.22. The Morgan fingerprint density at radius 2 is 1.67 bits per heavy atom. The highest BCUT2D eigenvalue weighted by Crippen LogP contribution is 2.17. The predicted molar refractivity (Wildman–Crippen MR) is 73.2 cm³/mol. The normalized spacial score (nSPS) is 18.2. The molecule has 1 saturated heterocycles. The zero-order valence-corrected chi connectivity index (χ0v) is 11.1. The van der Waals surface area contributed by atoms with Crippen LogP contribution in [0.4, 0.5) is 0 Å². The van der Waals surface area contributed by atoms with Crippen LogP contribution >= 0.6 is 0 Å². The summed E-state index contributed by atoms with van der Waals surface area (Å²) in [6, 6.07) is 7.41. The van der Waals surface area contributed by atoms with E-state index in [-0.39, 0.29) is 5.91 Å². The lowest BCUT2D eigenvalue weighted by Crippen LogP contribution is -2.39. The van der Waals surface area contributed by atoms with Gasteiger partial charge in [-0.3, -0.25) is 4.79 Å². The van der Waals surface area contributed by atoms with E-state index in [1.807, 2.05) is 36.1 Å². The molecule has 0 bridgehead atoms. The molecule has 1 fully saturated rings. The van der Waals surface area contributed by atoms with Gasteiger partial charge in [0.05, 0.1) is 0 Å². The minimum Gasteiger partial charge on any atom is -0.341 e. The Morgan fingerprint density at radius 3 is 2.22 bits per heavy atom. The maximum atomic E-state index is 12.3. The Morgan fingerprint density at radius 1 is 1.11 bits per heavy atom. The molecular formula is C15H22N2O. The minimum atomic E-state index is -0.510. The zero-order valence-electron chi connectivity index (χ0n) is 11.1. The van der Waals surface area contributed by atoms with E-state index >= 15 is 0 Å². The highest BCUT2D eigenvalue weighted by molar-refractivity contribution is 5.83. The molecule has 1 atom stereocenters. The standard InChI is InChI=1S/C15H22N2O/c1-12-6-8-13(9-7-12)14(16)15(18)17-10-4-2-3-5-11-17/h6-9,14H,2-5,10-11,16H2,1H3. The molecule has 1 aromatic carbocycles. The van der Waals surface area contributed by atoms with Gasteiger partial charge in [-0.2, -0.15) is 0 Å². The largest absolute Gasteiger partial charge is 0.341 e. The Kier molecular flexibility index (Phi) is 4.37. The Bertz CT molecular complexity index is 391. The number of likely N-dealkylation sites (tertiary alicyclic amines) is 1. The zero-order chi connectivity index (χ0) is 13.0. The number of hydrogen-bond acceptors (Lipinski definition) is 2. The van der Waals surface area contributed by atoms with Crippen molar-refractivity contribution in [3.63, 3.8) is 0 Å². The quantitative estimate of drug-likeness (QED) is 0.871. The molecule has 1 aliphatic rings. The predicted octanol–water partition coefficient (Wildman–Crippen LogP) is 2.40. The van der Waals surface area contributed by atoms with Gasteiger partial charge in [-0.1, -0.05) is 42.7 Å². The molecule has 1 aliphatic heterocycles. The number of rotatable bonds is 2. The third kappa shape index (κ3) is 3.10. The lowest BCUT2D eigenvalue weighted by atomic mass is 10.0. The molecule has 3 heteroatoms. The van der Waals surface area contributed by atoms with Gasteiger partial charge < -0.3 is 10.6 Å². The Balaban J connectivity index is 2.05. The molecular weight excluding hydrogens is 224 g/mol. The maximum absolute atomic E-state index is 12.3. The van der Waals surface area contributed by atoms with Crippen molar-refractivity contribution in [2.45, 2.75) is 38.6 Å². The number of hydrogen-bond donors (Lipinski definition) is 1. The van der Waals surface area contributed by atoms with E-state index in [0.717, 1.165) is 31.5 Å². The molecule has 1 unspecified atom stereocenters. The number of carbonyl (C=O) groups excluding carboxylic acids is 1. The summed E-state index contributed by atoms with van der Waals surface area (Å²) >= 11 is 0. The van der Waals surface area contributed by atoms with Crippen molar-refractivity contribution in [3.8, 4) is 0 Å². The summed E-state index contributed by atoms with van der Waals surface area (Å²) in [5, 5.41) is 0. The van der Waals surface area contributed by atoms with Gasteiger partial charge >= 0.3 is 0 Å². The van der Waals surface area contributed by atoms with Crippen molar-refractivity contribution in [1.82, 2.24) is 4.90 Å². The first-order chi connectivity index (χ1) is 8.68. The van der Waals surface area contributed by atoms with Crippen molar-refractivity contribution < 1.29 is 4.79 Å². The second-order valence-corrected chi connectivity index (χ2v) is 5.13. The third-order valence-corrected chi connectivity index (χ3v) is 3.62. The van der Waals surface area contributed by atoms with Gasteiger partial charge in [-0.25, -0.2) is 0 Å². The fraction of sp³-hybridized carbons (Fsp3) is 0.533. The van der Waals surface area contributed by atoms with Crippen molar-refractivity contribution in [1.29, 1.82) is 0 Å². The summed E-state index contributed by atoms with van der Waals surface area (Å²) in [5.41, 5.74) is 8.18. The first-order valence-electron chi connectivity index (χ1n) is 6.79. The van der Waals surface area contributed by atoms with Crippen molar-refractivity contribution in [2.75, 3.05) is 13.1 Å². The number of nitrogens with two attached hydrogens (primary N) is 1. The lowest BCUT2D eigenvalue weighted by molar-refractivity contribution is -0.132. The van der Waals surface area contributed by atoms with Gasteiger partial charge in [-0.15, -0.1) is 0 Å². The van der Waals surface area contributed by atoms with Gasteiger partial charge in [0.2, 0.25) is 5.91 Å². The number of amides is 1. The monoisotopic (exact) mass is 246 g/mol. The van der Waals surface area contributed by atoms with Crippen LogP contribution in [0, 0.1) is 6.92 Å². The van der Waals surface area contributed by atoms with Crippen LogP contribution in [0.1, 0.15) is 42.9 Å². The first-order valence-corrected chi connectivity index (χ1v) is 6.79. The van der Waals surface area contributed by atoms with E-state index in [1.54, 1.807) is 0 Å². The van der Waals surface area contributed by atoms with Crippen LogP contribution in [0.2, 0.25) is 0 Å². The van der Waals surface area contributed by atoms with Crippen LogP contribution in [-0.2, 0) is 4.79 Å². The summed E-state index contributed by atoms with van der Waals surface area (Å²) in [7, 11) is 0. The molecule has 1 heterocycles. The van der Waals surface area contributed by atoms with E-state index < -0.39 is 6.04 Å². The van der Waals surface area contributed by atoms with Gasteiger partial charge in [0.1, 0.15) is 6.04 Å². The molecule has 0 radical (unpaired) electrons. The van der Waals surface area contributed by atoms with Crippen LogP contribution in [-0.4, -0.2) is 23.9 Å².